The molecule has 1 rings (SSSR count). The van der Waals surface area contributed by atoms with E-state index >= 15 is 0 Å². The van der Waals surface area contributed by atoms with Crippen LogP contribution in [0.2, 0.25) is 0 Å². The van der Waals surface area contributed by atoms with Gasteiger partial charge in [-0.2, -0.15) is 0 Å². The maximum atomic E-state index is 11.8. The van der Waals surface area contributed by atoms with Crippen molar-refractivity contribution < 1.29 is 14.7 Å². The van der Waals surface area contributed by atoms with Crippen molar-refractivity contribution in [1.29, 1.82) is 0 Å². The average molecular weight is 343 g/mol. The van der Waals surface area contributed by atoms with Crippen LogP contribution in [0.4, 0.5) is 4.79 Å². The monoisotopic (exact) mass is 342 g/mol. The van der Waals surface area contributed by atoms with E-state index in [1.54, 1.807) is 18.9 Å². The molecule has 6 heteroatoms. The van der Waals surface area contributed by atoms with Crippen LogP contribution in [0, 0.1) is 5.92 Å². The zero-order valence-corrected chi connectivity index (χ0v) is 13.2. The summed E-state index contributed by atoms with van der Waals surface area (Å²) >= 11 is 3.39. The van der Waals surface area contributed by atoms with Gasteiger partial charge in [0, 0.05) is 24.6 Å². The summed E-state index contributed by atoms with van der Waals surface area (Å²) in [7, 11) is 1.71. The quantitative estimate of drug-likeness (QED) is 0.834. The average Bonchev–Trinajstić information content (AvgIpc) is 2.38. The first kappa shape index (κ1) is 16.5. The van der Waals surface area contributed by atoms with E-state index in [4.69, 9.17) is 5.11 Å². The number of nitrogens with zero attached hydrogens (tertiary/aromatic N) is 1. The second-order valence-corrected chi connectivity index (χ2v) is 5.66. The molecule has 1 unspecified atom stereocenters. The largest absolute Gasteiger partial charge is 0.481 e. The Morgan fingerprint density at radius 3 is 2.75 bits per heavy atom. The first-order valence-corrected chi connectivity index (χ1v) is 7.15. The van der Waals surface area contributed by atoms with Crippen LogP contribution in [0.25, 0.3) is 0 Å². The molecule has 1 aromatic rings. The summed E-state index contributed by atoms with van der Waals surface area (Å²) in [5.41, 5.74) is 1.02. The molecule has 0 bridgehead atoms. The van der Waals surface area contributed by atoms with E-state index in [0.29, 0.717) is 19.5 Å². The number of amides is 2. The minimum absolute atomic E-state index is 0.206. The molecule has 0 aliphatic carbocycles. The molecule has 0 saturated carbocycles. The predicted octanol–water partition coefficient (Wildman–Crippen LogP) is 2.70. The predicted molar refractivity (Wildman–Crippen MR) is 80.4 cm³/mol. The lowest BCUT2D eigenvalue weighted by Gasteiger charge is -2.18. The Labute approximate surface area is 127 Å². The number of carbonyl (C=O) groups is 2. The van der Waals surface area contributed by atoms with Crippen LogP contribution < -0.4 is 5.32 Å². The highest BCUT2D eigenvalue weighted by atomic mass is 79.9. The molecule has 1 atom stereocenters. The molecular weight excluding hydrogens is 324 g/mol. The number of carbonyl (C=O) groups excluding carboxylic acids is 1. The van der Waals surface area contributed by atoms with Crippen LogP contribution in [0.15, 0.2) is 28.7 Å². The molecule has 0 heterocycles. The Morgan fingerprint density at radius 1 is 1.45 bits per heavy atom. The van der Waals surface area contributed by atoms with Gasteiger partial charge in [0.2, 0.25) is 0 Å². The second-order valence-electron chi connectivity index (χ2n) is 4.75. The topological polar surface area (TPSA) is 69.6 Å². The van der Waals surface area contributed by atoms with E-state index in [9.17, 15) is 9.59 Å². The van der Waals surface area contributed by atoms with Gasteiger partial charge in [-0.05, 0) is 24.1 Å². The molecule has 110 valence electrons. The highest BCUT2D eigenvalue weighted by Crippen LogP contribution is 2.13. The molecule has 0 aliphatic rings. The van der Waals surface area contributed by atoms with Crippen LogP contribution in [0.1, 0.15) is 18.9 Å². The third kappa shape index (κ3) is 5.61. The minimum Gasteiger partial charge on any atom is -0.481 e. The summed E-state index contributed by atoms with van der Waals surface area (Å²) in [5, 5.41) is 11.5. The molecule has 0 aliphatic heterocycles. The fraction of sp³-hybridized carbons (Fsp3) is 0.429. The summed E-state index contributed by atoms with van der Waals surface area (Å²) in [6, 6.07) is 7.54. The zero-order chi connectivity index (χ0) is 15.1. The fourth-order valence-corrected chi connectivity index (χ4v) is 2.08. The van der Waals surface area contributed by atoms with Gasteiger partial charge in [0.25, 0.3) is 0 Å². The van der Waals surface area contributed by atoms with Gasteiger partial charge < -0.3 is 15.3 Å². The SMILES string of the molecule is CC(CCNC(=O)N(C)Cc1cccc(Br)c1)C(=O)O. The smallest absolute Gasteiger partial charge is 0.317 e. The number of carboxylic acids is 1. The number of urea groups is 1. The first-order valence-electron chi connectivity index (χ1n) is 6.36. The highest BCUT2D eigenvalue weighted by Gasteiger charge is 2.12. The van der Waals surface area contributed by atoms with Crippen LogP contribution in [-0.2, 0) is 11.3 Å². The van der Waals surface area contributed by atoms with E-state index in [2.05, 4.69) is 21.2 Å². The van der Waals surface area contributed by atoms with Crippen molar-refractivity contribution in [3.05, 3.63) is 34.3 Å². The molecule has 5 nitrogen and oxygen atoms in total. The maximum Gasteiger partial charge on any atom is 0.317 e. The molecule has 0 fully saturated rings. The zero-order valence-electron chi connectivity index (χ0n) is 11.6. The van der Waals surface area contributed by atoms with Crippen molar-refractivity contribution in [2.45, 2.75) is 19.9 Å². The second kappa shape index (κ2) is 7.89. The van der Waals surface area contributed by atoms with Crippen LogP contribution >= 0.6 is 15.9 Å². The minimum atomic E-state index is -0.846. The van der Waals surface area contributed by atoms with Gasteiger partial charge in [0.05, 0.1) is 5.92 Å². The Bertz CT molecular complexity index is 479. The van der Waals surface area contributed by atoms with Crippen LogP contribution in [0.5, 0.6) is 0 Å². The molecule has 0 radical (unpaired) electrons. The first-order chi connectivity index (χ1) is 9.40. The van der Waals surface area contributed by atoms with E-state index < -0.39 is 11.9 Å². The Kier molecular flexibility index (Phi) is 6.51. The van der Waals surface area contributed by atoms with E-state index in [-0.39, 0.29) is 6.03 Å². The lowest BCUT2D eigenvalue weighted by molar-refractivity contribution is -0.141. The van der Waals surface area contributed by atoms with Crippen molar-refractivity contribution in [1.82, 2.24) is 10.2 Å². The van der Waals surface area contributed by atoms with Crippen LogP contribution in [-0.4, -0.2) is 35.6 Å². The third-order valence-corrected chi connectivity index (χ3v) is 3.42. The molecule has 20 heavy (non-hydrogen) atoms. The van der Waals surface area contributed by atoms with Crippen molar-refractivity contribution in [3.63, 3.8) is 0 Å². The number of nitrogens with one attached hydrogen (secondary N) is 1. The van der Waals surface area contributed by atoms with Gasteiger partial charge in [0.1, 0.15) is 0 Å². The summed E-state index contributed by atoms with van der Waals surface area (Å²) in [6.07, 6.45) is 0.422. The molecule has 0 spiro atoms. The molecule has 0 saturated heterocycles. The van der Waals surface area contributed by atoms with Gasteiger partial charge in [-0.15, -0.1) is 0 Å². The molecule has 0 aromatic heterocycles. The van der Waals surface area contributed by atoms with Gasteiger partial charge in [0.15, 0.2) is 0 Å². The number of halogens is 1. The number of rotatable bonds is 6. The lowest BCUT2D eigenvalue weighted by Crippen LogP contribution is -2.38. The number of hydrogen-bond acceptors (Lipinski definition) is 2. The number of carboxylic acid groups (broad SMARTS) is 1. The van der Waals surface area contributed by atoms with Gasteiger partial charge in [-0.1, -0.05) is 35.0 Å². The summed E-state index contributed by atoms with van der Waals surface area (Å²) in [6.45, 7) is 2.48. The molecule has 2 amide bonds. The highest BCUT2D eigenvalue weighted by molar-refractivity contribution is 9.10. The summed E-state index contributed by atoms with van der Waals surface area (Å²) < 4.78 is 0.971. The van der Waals surface area contributed by atoms with E-state index in [1.165, 1.54) is 0 Å². The molecule has 1 aromatic carbocycles. The third-order valence-electron chi connectivity index (χ3n) is 2.93. The Morgan fingerprint density at radius 2 is 2.15 bits per heavy atom. The maximum absolute atomic E-state index is 11.8. The summed E-state index contributed by atoms with van der Waals surface area (Å²) in [4.78, 5) is 24.1. The standard InChI is InChI=1S/C14H19BrN2O3/c1-10(13(18)19)6-7-16-14(20)17(2)9-11-4-3-5-12(15)8-11/h3-5,8,10H,6-7,9H2,1-2H3,(H,16,20)(H,18,19). The van der Waals surface area contributed by atoms with Crippen molar-refractivity contribution >= 4 is 27.9 Å². The summed E-state index contributed by atoms with van der Waals surface area (Å²) in [5.74, 6) is -1.30. The molecule has 2 N–H and O–H groups in total. The normalized spacial score (nSPS) is 11.8. The van der Waals surface area contributed by atoms with E-state index in [0.717, 1.165) is 10.0 Å². The fourth-order valence-electron chi connectivity index (χ4n) is 1.64. The number of hydrogen-bond donors (Lipinski definition) is 2. The Balaban J connectivity index is 2.38. The van der Waals surface area contributed by atoms with Gasteiger partial charge >= 0.3 is 12.0 Å². The van der Waals surface area contributed by atoms with E-state index in [1.807, 2.05) is 24.3 Å². The number of benzene rings is 1. The van der Waals surface area contributed by atoms with Gasteiger partial charge in [-0.25, -0.2) is 4.79 Å². The number of aliphatic carboxylic acids is 1. The lowest BCUT2D eigenvalue weighted by atomic mass is 10.1. The van der Waals surface area contributed by atoms with Crippen molar-refractivity contribution in [3.8, 4) is 0 Å². The Hall–Kier alpha value is -1.56. The van der Waals surface area contributed by atoms with Gasteiger partial charge in [-0.3, -0.25) is 4.79 Å². The van der Waals surface area contributed by atoms with Crippen molar-refractivity contribution in [2.24, 2.45) is 5.92 Å². The van der Waals surface area contributed by atoms with Crippen LogP contribution in [0.3, 0.4) is 0 Å². The molecular formula is C14H19BrN2O3. The van der Waals surface area contributed by atoms with Crippen molar-refractivity contribution in [2.75, 3.05) is 13.6 Å².